The average molecular weight is 284 g/mol. The van der Waals surface area contributed by atoms with Crippen molar-refractivity contribution >= 4 is 28.2 Å². The molecule has 0 atom stereocenters. The van der Waals surface area contributed by atoms with Gasteiger partial charge in [0.05, 0.1) is 5.52 Å². The van der Waals surface area contributed by atoms with Crippen LogP contribution in [-0.2, 0) is 4.79 Å². The number of nitrogens with two attached hydrogens (primary N) is 1. The zero-order valence-corrected chi connectivity index (χ0v) is 12.1. The number of nitrogens with zero attached hydrogens (tertiary/aromatic N) is 1. The number of aromatic nitrogens is 1. The highest BCUT2D eigenvalue weighted by Gasteiger charge is 2.22. The van der Waals surface area contributed by atoms with Crippen LogP contribution in [0.15, 0.2) is 24.3 Å². The van der Waals surface area contributed by atoms with Crippen molar-refractivity contribution in [1.29, 1.82) is 0 Å². The number of hydrogen-bond acceptors (Lipinski definition) is 4. The maximum absolute atomic E-state index is 11.7. The first-order valence-corrected chi connectivity index (χ1v) is 7.32. The molecule has 1 aromatic carbocycles. The van der Waals surface area contributed by atoms with Crippen molar-refractivity contribution in [2.24, 2.45) is 0 Å². The van der Waals surface area contributed by atoms with Gasteiger partial charge in [0.25, 0.3) is 0 Å². The molecule has 1 heterocycles. The molecule has 3 rings (SSSR count). The summed E-state index contributed by atoms with van der Waals surface area (Å²) in [7, 11) is 0. The van der Waals surface area contributed by atoms with Gasteiger partial charge in [0, 0.05) is 41.5 Å². The summed E-state index contributed by atoms with van der Waals surface area (Å²) in [6, 6.07) is 8.08. The third kappa shape index (κ3) is 3.42. The molecule has 0 bridgehead atoms. The number of nitrogen functional groups attached to an aromatic ring is 1. The second-order valence-electron chi connectivity index (χ2n) is 5.61. The third-order valence-corrected chi connectivity index (χ3v) is 3.57. The van der Waals surface area contributed by atoms with Gasteiger partial charge in [0.15, 0.2) is 0 Å². The fraction of sp³-hybridized carbons (Fsp3) is 0.375. The molecular formula is C16H20N4O. The minimum Gasteiger partial charge on any atom is -0.399 e. The lowest BCUT2D eigenvalue weighted by molar-refractivity contribution is -0.120. The summed E-state index contributed by atoms with van der Waals surface area (Å²) in [5.41, 5.74) is 9.39. The first kappa shape index (κ1) is 13.7. The quantitative estimate of drug-likeness (QED) is 0.735. The van der Waals surface area contributed by atoms with E-state index in [1.807, 2.05) is 31.2 Å². The molecule has 0 radical (unpaired) electrons. The second kappa shape index (κ2) is 5.60. The number of carbonyl (C=O) groups excluding carboxylic acids is 1. The molecule has 0 saturated heterocycles. The standard InChI is InChI=1S/C16H20N4O/c1-10-8-15(13-9-11(17)2-5-14(13)19-10)18-7-6-16(21)20-12-3-4-12/h2,5,8-9,12H,3-4,6-7,17H2,1H3,(H,18,19)(H,20,21). The van der Waals surface area contributed by atoms with Gasteiger partial charge in [-0.2, -0.15) is 0 Å². The number of fused-ring (bicyclic) bond motifs is 1. The molecule has 4 N–H and O–H groups in total. The monoisotopic (exact) mass is 284 g/mol. The molecule has 0 unspecified atom stereocenters. The molecule has 0 spiro atoms. The highest BCUT2D eigenvalue weighted by Crippen LogP contribution is 2.25. The lowest BCUT2D eigenvalue weighted by atomic mass is 10.1. The van der Waals surface area contributed by atoms with Gasteiger partial charge < -0.3 is 16.4 Å². The highest BCUT2D eigenvalue weighted by atomic mass is 16.1. The number of aryl methyl sites for hydroxylation is 1. The van der Waals surface area contributed by atoms with Crippen LogP contribution < -0.4 is 16.4 Å². The molecule has 2 aromatic rings. The normalized spacial score (nSPS) is 14.1. The van der Waals surface area contributed by atoms with E-state index in [0.717, 1.165) is 35.1 Å². The molecule has 1 saturated carbocycles. The van der Waals surface area contributed by atoms with E-state index in [4.69, 9.17) is 5.73 Å². The molecule has 1 aliphatic rings. The summed E-state index contributed by atoms with van der Waals surface area (Å²) in [4.78, 5) is 16.2. The molecule has 0 aliphatic heterocycles. The summed E-state index contributed by atoms with van der Waals surface area (Å²) in [6.45, 7) is 2.56. The Bertz CT molecular complexity index is 679. The van der Waals surface area contributed by atoms with Gasteiger partial charge >= 0.3 is 0 Å². The van der Waals surface area contributed by atoms with Crippen LogP contribution in [0.5, 0.6) is 0 Å². The summed E-state index contributed by atoms with van der Waals surface area (Å²) in [6.07, 6.45) is 2.71. The van der Waals surface area contributed by atoms with Crippen molar-refractivity contribution in [2.75, 3.05) is 17.6 Å². The van der Waals surface area contributed by atoms with Crippen LogP contribution in [0.25, 0.3) is 10.9 Å². The highest BCUT2D eigenvalue weighted by molar-refractivity contribution is 5.93. The molecule has 1 fully saturated rings. The molecule has 21 heavy (non-hydrogen) atoms. The lowest BCUT2D eigenvalue weighted by Crippen LogP contribution is -2.27. The van der Waals surface area contributed by atoms with Crippen LogP contribution in [0.3, 0.4) is 0 Å². The first-order chi connectivity index (χ1) is 10.1. The molecule has 1 aromatic heterocycles. The molecule has 1 aliphatic carbocycles. The number of nitrogens with one attached hydrogen (secondary N) is 2. The lowest BCUT2D eigenvalue weighted by Gasteiger charge is -2.11. The SMILES string of the molecule is Cc1cc(NCCC(=O)NC2CC2)c2cc(N)ccc2n1. The largest absolute Gasteiger partial charge is 0.399 e. The van der Waals surface area contributed by atoms with E-state index in [1.54, 1.807) is 0 Å². The van der Waals surface area contributed by atoms with Crippen molar-refractivity contribution in [3.63, 3.8) is 0 Å². The topological polar surface area (TPSA) is 80.0 Å². The van der Waals surface area contributed by atoms with Crippen molar-refractivity contribution in [3.8, 4) is 0 Å². The Morgan fingerprint density at radius 2 is 2.19 bits per heavy atom. The van der Waals surface area contributed by atoms with E-state index < -0.39 is 0 Å². The van der Waals surface area contributed by atoms with Crippen LogP contribution in [0, 0.1) is 6.92 Å². The second-order valence-corrected chi connectivity index (χ2v) is 5.61. The average Bonchev–Trinajstić information content (AvgIpc) is 3.23. The number of anilines is 2. The summed E-state index contributed by atoms with van der Waals surface area (Å²) in [5.74, 6) is 0.111. The van der Waals surface area contributed by atoms with E-state index in [2.05, 4.69) is 15.6 Å². The zero-order valence-electron chi connectivity index (χ0n) is 12.1. The number of rotatable bonds is 5. The van der Waals surface area contributed by atoms with Gasteiger partial charge in [-0.3, -0.25) is 9.78 Å². The molecule has 110 valence electrons. The van der Waals surface area contributed by atoms with E-state index in [1.165, 1.54) is 0 Å². The van der Waals surface area contributed by atoms with E-state index in [9.17, 15) is 4.79 Å². The minimum atomic E-state index is 0.111. The van der Waals surface area contributed by atoms with Crippen LogP contribution in [0.1, 0.15) is 25.0 Å². The maximum Gasteiger partial charge on any atom is 0.221 e. The van der Waals surface area contributed by atoms with Gasteiger partial charge in [-0.25, -0.2) is 0 Å². The third-order valence-electron chi connectivity index (χ3n) is 3.57. The Morgan fingerprint density at radius 1 is 1.38 bits per heavy atom. The van der Waals surface area contributed by atoms with Crippen LogP contribution in [-0.4, -0.2) is 23.5 Å². The number of pyridine rings is 1. The van der Waals surface area contributed by atoms with Crippen molar-refractivity contribution in [1.82, 2.24) is 10.3 Å². The van der Waals surface area contributed by atoms with Crippen LogP contribution in [0.2, 0.25) is 0 Å². The zero-order chi connectivity index (χ0) is 14.8. The van der Waals surface area contributed by atoms with Crippen molar-refractivity contribution in [2.45, 2.75) is 32.2 Å². The summed E-state index contributed by atoms with van der Waals surface area (Å²) < 4.78 is 0. The summed E-state index contributed by atoms with van der Waals surface area (Å²) in [5, 5.41) is 7.30. The van der Waals surface area contributed by atoms with E-state index in [-0.39, 0.29) is 5.91 Å². The van der Waals surface area contributed by atoms with E-state index in [0.29, 0.717) is 24.7 Å². The Balaban J connectivity index is 1.70. The Morgan fingerprint density at radius 3 is 2.95 bits per heavy atom. The molecule has 1 amide bonds. The van der Waals surface area contributed by atoms with Crippen LogP contribution >= 0.6 is 0 Å². The molecular weight excluding hydrogens is 264 g/mol. The predicted molar refractivity (Wildman–Crippen MR) is 85.2 cm³/mol. The van der Waals surface area contributed by atoms with Gasteiger partial charge in [-0.05, 0) is 44.0 Å². The number of amides is 1. The number of benzene rings is 1. The Hall–Kier alpha value is -2.30. The Kier molecular flexibility index (Phi) is 3.64. The van der Waals surface area contributed by atoms with Gasteiger partial charge in [-0.15, -0.1) is 0 Å². The molecule has 5 nitrogen and oxygen atoms in total. The fourth-order valence-corrected chi connectivity index (χ4v) is 2.36. The predicted octanol–water partition coefficient (Wildman–Crippen LogP) is 2.21. The summed E-state index contributed by atoms with van der Waals surface area (Å²) >= 11 is 0. The molecule has 5 heteroatoms. The first-order valence-electron chi connectivity index (χ1n) is 7.32. The smallest absolute Gasteiger partial charge is 0.221 e. The maximum atomic E-state index is 11.7. The fourth-order valence-electron chi connectivity index (χ4n) is 2.36. The Labute approximate surface area is 123 Å². The van der Waals surface area contributed by atoms with E-state index >= 15 is 0 Å². The van der Waals surface area contributed by atoms with Gasteiger partial charge in [-0.1, -0.05) is 0 Å². The number of hydrogen-bond donors (Lipinski definition) is 3. The minimum absolute atomic E-state index is 0.111. The van der Waals surface area contributed by atoms with Crippen molar-refractivity contribution < 1.29 is 4.79 Å². The number of carbonyl (C=O) groups is 1. The van der Waals surface area contributed by atoms with Crippen molar-refractivity contribution in [3.05, 3.63) is 30.0 Å². The van der Waals surface area contributed by atoms with Gasteiger partial charge in [0.2, 0.25) is 5.91 Å². The van der Waals surface area contributed by atoms with Crippen LogP contribution in [0.4, 0.5) is 11.4 Å². The van der Waals surface area contributed by atoms with Gasteiger partial charge in [0.1, 0.15) is 0 Å².